The van der Waals surface area contributed by atoms with Gasteiger partial charge in [-0.05, 0) is 39.8 Å². The van der Waals surface area contributed by atoms with Crippen LogP contribution in [0, 0.1) is 0 Å². The number of fused-ring (bicyclic) bond motifs is 1. The van der Waals surface area contributed by atoms with Crippen LogP contribution >= 0.6 is 0 Å². The van der Waals surface area contributed by atoms with Gasteiger partial charge in [0.05, 0.1) is 11.0 Å². The second-order valence-electron chi connectivity index (χ2n) is 5.74. The van der Waals surface area contributed by atoms with Gasteiger partial charge in [0.15, 0.2) is 0 Å². The fourth-order valence-electron chi connectivity index (χ4n) is 2.06. The first-order valence-electron chi connectivity index (χ1n) is 6.34. The molecular formula is C14H20N4O. The van der Waals surface area contributed by atoms with Crippen molar-refractivity contribution in [1.29, 1.82) is 0 Å². The van der Waals surface area contributed by atoms with Crippen molar-refractivity contribution in [2.24, 2.45) is 0 Å². The maximum absolute atomic E-state index is 12.2. The molecule has 0 aliphatic heterocycles. The molecule has 1 atom stereocenters. The molecule has 2 rings (SSSR count). The highest BCUT2D eigenvalue weighted by Gasteiger charge is 2.23. The molecule has 1 unspecified atom stereocenters. The smallest absolute Gasteiger partial charge is 0.243 e. The molecule has 2 aromatic rings. The molecular weight excluding hydrogens is 240 g/mol. The van der Waals surface area contributed by atoms with Crippen LogP contribution in [0.5, 0.6) is 0 Å². The van der Waals surface area contributed by atoms with Gasteiger partial charge in [-0.15, -0.1) is 0 Å². The Morgan fingerprint density at radius 1 is 1.37 bits per heavy atom. The van der Waals surface area contributed by atoms with E-state index < -0.39 is 6.04 Å². The summed E-state index contributed by atoms with van der Waals surface area (Å²) in [6, 6.07) is 7.22. The van der Waals surface area contributed by atoms with Gasteiger partial charge in [0.1, 0.15) is 6.04 Å². The van der Waals surface area contributed by atoms with E-state index in [1.807, 2.05) is 52.0 Å². The van der Waals surface area contributed by atoms with E-state index in [0.717, 1.165) is 11.0 Å². The maximum atomic E-state index is 12.2. The Bertz CT molecular complexity index is 609. The number of nitrogens with zero attached hydrogens (tertiary/aromatic N) is 2. The summed E-state index contributed by atoms with van der Waals surface area (Å²) in [4.78, 5) is 16.5. The minimum atomic E-state index is -0.397. The second kappa shape index (κ2) is 4.57. The lowest BCUT2D eigenvalue weighted by Gasteiger charge is -2.24. The molecule has 1 amide bonds. The number of para-hydroxylation sites is 2. The number of nitrogens with two attached hydrogens (primary N) is 1. The molecule has 0 aliphatic carbocycles. The minimum absolute atomic E-state index is 0.0673. The Kier molecular flexibility index (Phi) is 3.22. The van der Waals surface area contributed by atoms with Gasteiger partial charge in [-0.3, -0.25) is 9.36 Å². The summed E-state index contributed by atoms with van der Waals surface area (Å²) in [5.74, 6) is 0.292. The molecule has 1 heterocycles. The zero-order valence-corrected chi connectivity index (χ0v) is 11.8. The number of hydrogen-bond donors (Lipinski definition) is 2. The van der Waals surface area contributed by atoms with Gasteiger partial charge in [-0.2, -0.15) is 0 Å². The van der Waals surface area contributed by atoms with E-state index >= 15 is 0 Å². The largest absolute Gasteiger partial charge is 0.369 e. The molecule has 0 bridgehead atoms. The van der Waals surface area contributed by atoms with Crippen LogP contribution < -0.4 is 11.1 Å². The number of carbonyl (C=O) groups excluding carboxylic acids is 1. The van der Waals surface area contributed by atoms with Gasteiger partial charge >= 0.3 is 0 Å². The highest BCUT2D eigenvalue weighted by molar-refractivity contribution is 5.85. The fourth-order valence-corrected chi connectivity index (χ4v) is 2.06. The van der Waals surface area contributed by atoms with Crippen LogP contribution in [0.25, 0.3) is 11.0 Å². The van der Waals surface area contributed by atoms with Crippen LogP contribution in [0.1, 0.15) is 33.7 Å². The van der Waals surface area contributed by atoms with Gasteiger partial charge in [0.25, 0.3) is 0 Å². The fraction of sp³-hybridized carbons (Fsp3) is 0.429. The molecule has 1 aromatic carbocycles. The lowest BCUT2D eigenvalue weighted by Crippen LogP contribution is -2.43. The van der Waals surface area contributed by atoms with Crippen molar-refractivity contribution in [3.05, 3.63) is 24.3 Å². The van der Waals surface area contributed by atoms with Crippen molar-refractivity contribution in [2.45, 2.75) is 39.3 Å². The van der Waals surface area contributed by atoms with E-state index in [9.17, 15) is 4.79 Å². The number of hydrogen-bond acceptors (Lipinski definition) is 3. The monoisotopic (exact) mass is 260 g/mol. The third kappa shape index (κ3) is 2.70. The summed E-state index contributed by atoms with van der Waals surface area (Å²) in [7, 11) is 0. The van der Waals surface area contributed by atoms with Crippen molar-refractivity contribution in [3.63, 3.8) is 0 Å². The van der Waals surface area contributed by atoms with E-state index in [-0.39, 0.29) is 11.4 Å². The minimum Gasteiger partial charge on any atom is -0.369 e. The SMILES string of the molecule is CC(C(=O)NC(C)(C)C)n1c(N)nc2ccccc21. The summed E-state index contributed by atoms with van der Waals surface area (Å²) in [6.45, 7) is 7.68. The van der Waals surface area contributed by atoms with Crippen LogP contribution in [-0.2, 0) is 4.79 Å². The summed E-state index contributed by atoms with van der Waals surface area (Å²) in [5.41, 5.74) is 7.33. The van der Waals surface area contributed by atoms with Crippen molar-refractivity contribution >= 4 is 22.9 Å². The summed E-state index contributed by atoms with van der Waals surface area (Å²) >= 11 is 0. The number of aromatic nitrogens is 2. The van der Waals surface area contributed by atoms with Gasteiger partial charge in [0, 0.05) is 5.54 Å². The molecule has 0 saturated heterocycles. The zero-order chi connectivity index (χ0) is 14.2. The Balaban J connectivity index is 2.39. The summed E-state index contributed by atoms with van der Waals surface area (Å²) < 4.78 is 1.76. The molecule has 19 heavy (non-hydrogen) atoms. The second-order valence-corrected chi connectivity index (χ2v) is 5.74. The first kappa shape index (κ1) is 13.4. The van der Waals surface area contributed by atoms with Gasteiger partial charge in [-0.1, -0.05) is 12.1 Å². The molecule has 0 aliphatic rings. The predicted molar refractivity (Wildman–Crippen MR) is 76.8 cm³/mol. The average molecular weight is 260 g/mol. The molecule has 0 saturated carbocycles. The number of nitrogens with one attached hydrogen (secondary N) is 1. The highest BCUT2D eigenvalue weighted by Crippen LogP contribution is 2.22. The van der Waals surface area contributed by atoms with Crippen LogP contribution in [0.15, 0.2) is 24.3 Å². The van der Waals surface area contributed by atoms with Crippen molar-refractivity contribution in [3.8, 4) is 0 Å². The topological polar surface area (TPSA) is 72.9 Å². The van der Waals surface area contributed by atoms with Crippen molar-refractivity contribution in [2.75, 3.05) is 5.73 Å². The molecule has 3 N–H and O–H groups in total. The van der Waals surface area contributed by atoms with Crippen molar-refractivity contribution < 1.29 is 4.79 Å². The third-order valence-corrected chi connectivity index (χ3v) is 2.89. The standard InChI is InChI=1S/C14H20N4O/c1-9(12(19)17-14(2,3)4)18-11-8-6-5-7-10(11)16-13(18)15/h5-9H,1-4H3,(H2,15,16)(H,17,19). The van der Waals surface area contributed by atoms with E-state index in [0.29, 0.717) is 5.95 Å². The molecule has 0 fully saturated rings. The molecule has 5 nitrogen and oxygen atoms in total. The van der Waals surface area contributed by atoms with E-state index in [1.165, 1.54) is 0 Å². The van der Waals surface area contributed by atoms with E-state index in [4.69, 9.17) is 5.73 Å². The van der Waals surface area contributed by atoms with E-state index in [1.54, 1.807) is 4.57 Å². The average Bonchev–Trinajstić information content (AvgIpc) is 2.61. The van der Waals surface area contributed by atoms with Crippen LogP contribution in [0.2, 0.25) is 0 Å². The van der Waals surface area contributed by atoms with Crippen LogP contribution in [-0.4, -0.2) is 21.0 Å². The predicted octanol–water partition coefficient (Wildman–Crippen LogP) is 2.09. The Morgan fingerprint density at radius 3 is 2.63 bits per heavy atom. The quantitative estimate of drug-likeness (QED) is 0.868. The lowest BCUT2D eigenvalue weighted by atomic mass is 10.1. The molecule has 5 heteroatoms. The van der Waals surface area contributed by atoms with Gasteiger partial charge < -0.3 is 11.1 Å². The number of benzene rings is 1. The molecule has 0 spiro atoms. The highest BCUT2D eigenvalue weighted by atomic mass is 16.2. The number of carbonyl (C=O) groups is 1. The lowest BCUT2D eigenvalue weighted by molar-refractivity contribution is -0.125. The molecule has 1 aromatic heterocycles. The Morgan fingerprint density at radius 2 is 2.00 bits per heavy atom. The zero-order valence-electron chi connectivity index (χ0n) is 11.8. The molecule has 0 radical (unpaired) electrons. The van der Waals surface area contributed by atoms with Gasteiger partial charge in [-0.25, -0.2) is 4.98 Å². The summed E-state index contributed by atoms with van der Waals surface area (Å²) in [5, 5.41) is 2.96. The van der Waals surface area contributed by atoms with Gasteiger partial charge in [0.2, 0.25) is 11.9 Å². The number of amides is 1. The Hall–Kier alpha value is -2.04. The van der Waals surface area contributed by atoms with Crippen molar-refractivity contribution in [1.82, 2.24) is 14.9 Å². The first-order valence-corrected chi connectivity index (χ1v) is 6.34. The van der Waals surface area contributed by atoms with Crippen LogP contribution in [0.4, 0.5) is 5.95 Å². The number of anilines is 1. The maximum Gasteiger partial charge on any atom is 0.243 e. The Labute approximate surface area is 112 Å². The first-order chi connectivity index (χ1) is 8.79. The van der Waals surface area contributed by atoms with E-state index in [2.05, 4.69) is 10.3 Å². The summed E-state index contributed by atoms with van der Waals surface area (Å²) in [6.07, 6.45) is 0. The number of rotatable bonds is 2. The third-order valence-electron chi connectivity index (χ3n) is 2.89. The number of imidazole rings is 1. The number of nitrogen functional groups attached to an aromatic ring is 1. The normalized spacial score (nSPS) is 13.5. The van der Waals surface area contributed by atoms with Crippen LogP contribution in [0.3, 0.4) is 0 Å². The molecule has 102 valence electrons.